The second-order valence-corrected chi connectivity index (χ2v) is 14.9. The number of anilines is 2. The maximum atomic E-state index is 13.3. The van der Waals surface area contributed by atoms with Crippen molar-refractivity contribution in [2.75, 3.05) is 25.5 Å². The predicted molar refractivity (Wildman–Crippen MR) is 206 cm³/mol. The number of allylic oxidation sites excluding steroid dienone is 1. The predicted octanol–water partition coefficient (Wildman–Crippen LogP) is 6.50. The van der Waals surface area contributed by atoms with E-state index >= 15 is 0 Å². The smallest absolute Gasteiger partial charge is 0.332 e. The Morgan fingerprint density at radius 1 is 1.00 bits per heavy atom. The van der Waals surface area contributed by atoms with E-state index < -0.39 is 11.2 Å². The first-order valence-corrected chi connectivity index (χ1v) is 18.2. The zero-order valence-electron chi connectivity index (χ0n) is 30.3. The molecule has 0 unspecified atom stereocenters. The minimum Gasteiger partial charge on any atom is -0.481 e. The van der Waals surface area contributed by atoms with E-state index in [9.17, 15) is 9.59 Å². The Balaban J connectivity index is 1.13. The molecule has 0 bridgehead atoms. The zero-order chi connectivity index (χ0) is 36.5. The molecule has 2 saturated heterocycles. The standard InChI is InChI=1S/C40H43ClN8O3/c1-22-10-9-17-40(46-22)18-19-49(21-40)31-16-15-25-20-30(45-37(52-6)32(25)31)27-12-7-11-26(23(27)2)28-13-8-14-29(34(28)41)44-35-33-36(43-24(3)42-35)47(4)39(51)48(5)38(33)50/h7-8,11-14,20,31,46H,1,9-10,15-19,21H2,2-6H3,(H,42,43,44)/t31-,40+/m1/s1. The van der Waals surface area contributed by atoms with Gasteiger partial charge in [0.15, 0.2) is 5.65 Å². The van der Waals surface area contributed by atoms with Gasteiger partial charge in [0.2, 0.25) is 5.88 Å². The lowest BCUT2D eigenvalue weighted by Crippen LogP contribution is -2.49. The van der Waals surface area contributed by atoms with Crippen molar-refractivity contribution in [1.29, 1.82) is 0 Å². The second-order valence-electron chi connectivity index (χ2n) is 14.5. The molecule has 2 fully saturated rings. The summed E-state index contributed by atoms with van der Waals surface area (Å²) in [6.45, 7) is 10.1. The summed E-state index contributed by atoms with van der Waals surface area (Å²) in [4.78, 5) is 42.6. The molecule has 0 radical (unpaired) electrons. The van der Waals surface area contributed by atoms with E-state index in [4.69, 9.17) is 21.3 Å². The molecule has 268 valence electrons. The number of ether oxygens (including phenoxy) is 1. The lowest BCUT2D eigenvalue weighted by molar-refractivity contribution is 0.204. The van der Waals surface area contributed by atoms with Gasteiger partial charge in [0.1, 0.15) is 17.0 Å². The number of piperidine rings is 1. The zero-order valence-corrected chi connectivity index (χ0v) is 31.0. The van der Waals surface area contributed by atoms with E-state index in [0.717, 1.165) is 71.3 Å². The number of aryl methyl sites for hydroxylation is 3. The normalized spacial score (nSPS) is 20.0. The molecule has 8 rings (SSSR count). The summed E-state index contributed by atoms with van der Waals surface area (Å²) in [7, 11) is 4.75. The molecule has 1 aliphatic carbocycles. The lowest BCUT2D eigenvalue weighted by Gasteiger charge is -2.37. The van der Waals surface area contributed by atoms with Gasteiger partial charge in [0, 0.05) is 55.6 Å². The van der Waals surface area contributed by atoms with Crippen molar-refractivity contribution < 1.29 is 4.74 Å². The van der Waals surface area contributed by atoms with E-state index in [1.54, 1.807) is 21.1 Å². The molecule has 3 aliphatic rings. The third kappa shape index (κ3) is 5.58. The van der Waals surface area contributed by atoms with Crippen LogP contribution >= 0.6 is 11.6 Å². The van der Waals surface area contributed by atoms with E-state index in [2.05, 4.69) is 57.2 Å². The third-order valence-electron chi connectivity index (χ3n) is 11.3. The van der Waals surface area contributed by atoms with E-state index in [0.29, 0.717) is 22.4 Å². The Kier molecular flexibility index (Phi) is 8.46. The van der Waals surface area contributed by atoms with Crippen LogP contribution in [0.4, 0.5) is 11.5 Å². The van der Waals surface area contributed by atoms with Gasteiger partial charge in [-0.2, -0.15) is 0 Å². The Morgan fingerprint density at radius 3 is 2.56 bits per heavy atom. The summed E-state index contributed by atoms with van der Waals surface area (Å²) in [5, 5.41) is 7.72. The van der Waals surface area contributed by atoms with Crippen LogP contribution in [0.2, 0.25) is 5.02 Å². The molecule has 52 heavy (non-hydrogen) atoms. The minimum atomic E-state index is -0.489. The number of nitrogens with one attached hydrogen (secondary N) is 2. The number of pyridine rings is 1. The molecule has 5 aromatic rings. The number of hydrogen-bond donors (Lipinski definition) is 2. The second kappa shape index (κ2) is 12.9. The molecule has 0 saturated carbocycles. The van der Waals surface area contributed by atoms with Gasteiger partial charge in [-0.05, 0) is 81.2 Å². The number of methoxy groups -OCH3 is 1. The molecule has 12 heteroatoms. The van der Waals surface area contributed by atoms with Crippen molar-refractivity contribution in [3.8, 4) is 28.3 Å². The Morgan fingerprint density at radius 2 is 1.77 bits per heavy atom. The number of benzene rings is 2. The quantitative estimate of drug-likeness (QED) is 0.203. The summed E-state index contributed by atoms with van der Waals surface area (Å²) in [5.74, 6) is 1.39. The molecule has 2 aliphatic heterocycles. The van der Waals surface area contributed by atoms with E-state index in [1.165, 1.54) is 41.3 Å². The fraction of sp³-hybridized carbons (Fsp3) is 0.375. The number of likely N-dealkylation sites (tertiary alicyclic amines) is 1. The van der Waals surface area contributed by atoms with E-state index in [1.807, 2.05) is 24.3 Å². The van der Waals surface area contributed by atoms with Crippen molar-refractivity contribution in [3.05, 3.63) is 103 Å². The van der Waals surface area contributed by atoms with Crippen molar-refractivity contribution >= 4 is 34.1 Å². The fourth-order valence-corrected chi connectivity index (χ4v) is 8.96. The van der Waals surface area contributed by atoms with Gasteiger partial charge in [-0.3, -0.25) is 18.8 Å². The summed E-state index contributed by atoms with van der Waals surface area (Å²) < 4.78 is 8.43. The summed E-state index contributed by atoms with van der Waals surface area (Å²) >= 11 is 7.15. The Hall–Kier alpha value is -5.00. The van der Waals surface area contributed by atoms with Crippen LogP contribution in [0.25, 0.3) is 33.4 Å². The summed E-state index contributed by atoms with van der Waals surface area (Å²) in [6.07, 6.45) is 6.60. The van der Waals surface area contributed by atoms with Gasteiger partial charge >= 0.3 is 5.69 Å². The molecule has 2 aromatic carbocycles. The highest BCUT2D eigenvalue weighted by atomic mass is 35.5. The Labute approximate surface area is 307 Å². The highest BCUT2D eigenvalue weighted by molar-refractivity contribution is 6.36. The highest BCUT2D eigenvalue weighted by Crippen LogP contribution is 2.47. The number of hydrogen-bond acceptors (Lipinski definition) is 9. The maximum absolute atomic E-state index is 13.3. The van der Waals surface area contributed by atoms with Crippen LogP contribution in [0.1, 0.15) is 60.7 Å². The van der Waals surface area contributed by atoms with Crippen LogP contribution in [0.15, 0.2) is 64.3 Å². The van der Waals surface area contributed by atoms with E-state index in [-0.39, 0.29) is 28.4 Å². The van der Waals surface area contributed by atoms with Gasteiger partial charge in [-0.25, -0.2) is 19.7 Å². The largest absolute Gasteiger partial charge is 0.481 e. The van der Waals surface area contributed by atoms with Gasteiger partial charge in [0.05, 0.1) is 29.1 Å². The molecule has 2 atom stereocenters. The maximum Gasteiger partial charge on any atom is 0.332 e. The molecule has 1 spiro atoms. The average Bonchev–Trinajstić information content (AvgIpc) is 3.74. The summed E-state index contributed by atoms with van der Waals surface area (Å²) in [5.41, 5.74) is 8.35. The van der Waals surface area contributed by atoms with Gasteiger partial charge in [0.25, 0.3) is 5.56 Å². The summed E-state index contributed by atoms with van der Waals surface area (Å²) in [6, 6.07) is 14.4. The number of aromatic nitrogens is 5. The monoisotopic (exact) mass is 718 g/mol. The number of nitrogens with zero attached hydrogens (tertiary/aromatic N) is 6. The molecular weight excluding hydrogens is 676 g/mol. The van der Waals surface area contributed by atoms with Crippen LogP contribution in [0.3, 0.4) is 0 Å². The van der Waals surface area contributed by atoms with Gasteiger partial charge in [-0.1, -0.05) is 48.5 Å². The first-order valence-electron chi connectivity index (χ1n) is 17.9. The van der Waals surface area contributed by atoms with Crippen molar-refractivity contribution in [1.82, 2.24) is 34.3 Å². The van der Waals surface area contributed by atoms with Crippen molar-refractivity contribution in [2.45, 2.75) is 64.0 Å². The topological polar surface area (TPSA) is 119 Å². The SMILES string of the molecule is C=C1CCC[C@@]2(CCN([C@@H]3CCc4cc(-c5cccc(-c6cccc(Nc7nc(C)nc8c7c(=O)n(C)c(=O)n8C)c6Cl)c5C)nc(OC)c43)C2)N1. The Bertz CT molecular complexity index is 2420. The molecule has 11 nitrogen and oxygen atoms in total. The van der Waals surface area contributed by atoms with Crippen LogP contribution in [0.5, 0.6) is 5.88 Å². The molecule has 5 heterocycles. The minimum absolute atomic E-state index is 0.128. The number of rotatable bonds is 6. The lowest BCUT2D eigenvalue weighted by atomic mass is 9.87. The molecule has 3 aromatic heterocycles. The first-order chi connectivity index (χ1) is 25.0. The van der Waals surface area contributed by atoms with Crippen molar-refractivity contribution in [3.63, 3.8) is 0 Å². The van der Waals surface area contributed by atoms with Gasteiger partial charge < -0.3 is 15.4 Å². The highest BCUT2D eigenvalue weighted by Gasteiger charge is 2.44. The van der Waals surface area contributed by atoms with Crippen molar-refractivity contribution in [2.24, 2.45) is 14.1 Å². The molecule has 0 amide bonds. The average molecular weight is 719 g/mol. The number of fused-ring (bicyclic) bond motifs is 2. The van der Waals surface area contributed by atoms with Crippen LogP contribution in [0, 0.1) is 13.8 Å². The van der Waals surface area contributed by atoms with Crippen LogP contribution in [-0.4, -0.2) is 54.7 Å². The molecular formula is C40H43ClN8O3. The fourth-order valence-electron chi connectivity index (χ4n) is 8.68. The van der Waals surface area contributed by atoms with Crippen LogP contribution < -0.4 is 26.6 Å². The first kappa shape index (κ1) is 34.1. The van der Waals surface area contributed by atoms with Crippen LogP contribution in [-0.2, 0) is 20.5 Å². The number of halogens is 1. The van der Waals surface area contributed by atoms with Gasteiger partial charge in [-0.15, -0.1) is 0 Å². The molecule has 2 N–H and O–H groups in total. The third-order valence-corrected chi connectivity index (χ3v) is 11.7.